The Morgan fingerprint density at radius 1 is 1.07 bits per heavy atom. The molecular formula is C22H26BrNO3. The number of ether oxygens (including phenoxy) is 1. The van der Waals surface area contributed by atoms with Gasteiger partial charge in [0.05, 0.1) is 6.42 Å². The van der Waals surface area contributed by atoms with Gasteiger partial charge in [0, 0.05) is 15.7 Å². The molecule has 0 aliphatic carbocycles. The van der Waals surface area contributed by atoms with E-state index in [1.165, 1.54) is 0 Å². The Hall–Kier alpha value is -2.14. The maximum Gasteiger partial charge on any atom is 0.310 e. The Labute approximate surface area is 169 Å². The van der Waals surface area contributed by atoms with Crippen LogP contribution in [0.15, 0.2) is 46.9 Å². The first-order chi connectivity index (χ1) is 12.6. The monoisotopic (exact) mass is 431 g/mol. The second kappa shape index (κ2) is 8.70. The molecule has 1 amide bonds. The number of amides is 1. The van der Waals surface area contributed by atoms with Gasteiger partial charge in [0.2, 0.25) is 0 Å². The smallest absolute Gasteiger partial charge is 0.310 e. The fourth-order valence-electron chi connectivity index (χ4n) is 2.78. The van der Waals surface area contributed by atoms with Crippen molar-refractivity contribution in [2.45, 2.75) is 52.6 Å². The lowest BCUT2D eigenvalue weighted by Crippen LogP contribution is -2.25. The molecule has 0 bridgehead atoms. The maximum atomic E-state index is 12.6. The molecule has 0 spiro atoms. The van der Waals surface area contributed by atoms with Crippen molar-refractivity contribution in [3.8, 4) is 0 Å². The van der Waals surface area contributed by atoms with Crippen molar-refractivity contribution in [1.29, 1.82) is 0 Å². The Bertz CT molecular complexity index is 820. The number of halogens is 1. The zero-order valence-electron chi connectivity index (χ0n) is 16.4. The Balaban J connectivity index is 2.32. The normalized spacial score (nSPS) is 11.4. The van der Waals surface area contributed by atoms with Gasteiger partial charge in [-0.05, 0) is 68.1 Å². The van der Waals surface area contributed by atoms with Crippen LogP contribution in [0.4, 0.5) is 5.69 Å². The molecule has 4 nitrogen and oxygen atoms in total. The Morgan fingerprint density at radius 3 is 2.26 bits per heavy atom. The largest absolute Gasteiger partial charge is 0.460 e. The summed E-state index contributed by atoms with van der Waals surface area (Å²) in [5.74, 6) is -0.310. The highest BCUT2D eigenvalue weighted by Gasteiger charge is 2.21. The maximum absolute atomic E-state index is 12.6. The van der Waals surface area contributed by atoms with Crippen molar-refractivity contribution < 1.29 is 14.3 Å². The molecule has 0 unspecified atom stereocenters. The van der Waals surface area contributed by atoms with Crippen molar-refractivity contribution in [3.63, 3.8) is 0 Å². The molecule has 27 heavy (non-hydrogen) atoms. The molecule has 1 N–H and O–H groups in total. The fourth-order valence-corrected chi connectivity index (χ4v) is 3.04. The average molecular weight is 432 g/mol. The van der Waals surface area contributed by atoms with Crippen LogP contribution in [0.2, 0.25) is 0 Å². The van der Waals surface area contributed by atoms with E-state index in [0.29, 0.717) is 11.3 Å². The van der Waals surface area contributed by atoms with E-state index >= 15 is 0 Å². The van der Waals surface area contributed by atoms with Gasteiger partial charge < -0.3 is 10.1 Å². The van der Waals surface area contributed by atoms with Gasteiger partial charge in [-0.15, -0.1) is 0 Å². The van der Waals surface area contributed by atoms with Crippen LogP contribution < -0.4 is 5.32 Å². The lowest BCUT2D eigenvalue weighted by molar-refractivity contribution is -0.153. The van der Waals surface area contributed by atoms with E-state index < -0.39 is 5.60 Å². The summed E-state index contributed by atoms with van der Waals surface area (Å²) >= 11 is 3.37. The zero-order chi connectivity index (χ0) is 20.2. The average Bonchev–Trinajstić information content (AvgIpc) is 2.55. The SMILES string of the molecule is CC(C)c1cccc(NC(=O)c2ccc(Br)cc2)c1CC(=O)OC(C)(C)C. The molecule has 0 fully saturated rings. The molecule has 144 valence electrons. The van der Waals surface area contributed by atoms with Crippen LogP contribution in [-0.2, 0) is 16.0 Å². The summed E-state index contributed by atoms with van der Waals surface area (Å²) in [7, 11) is 0. The van der Waals surface area contributed by atoms with Crippen LogP contribution in [0.25, 0.3) is 0 Å². The van der Waals surface area contributed by atoms with Gasteiger partial charge in [-0.1, -0.05) is 41.9 Å². The van der Waals surface area contributed by atoms with Crippen molar-refractivity contribution >= 4 is 33.5 Å². The summed E-state index contributed by atoms with van der Waals surface area (Å²) in [5.41, 5.74) is 2.46. The Morgan fingerprint density at radius 2 is 1.70 bits per heavy atom. The minimum absolute atomic E-state index is 0.113. The number of carbonyl (C=O) groups excluding carboxylic acids is 2. The summed E-state index contributed by atoms with van der Waals surface area (Å²) in [6.07, 6.45) is 0.113. The van der Waals surface area contributed by atoms with Gasteiger partial charge >= 0.3 is 5.97 Å². The van der Waals surface area contributed by atoms with Gasteiger partial charge in [0.1, 0.15) is 5.60 Å². The van der Waals surface area contributed by atoms with E-state index in [2.05, 4.69) is 35.1 Å². The Kier molecular flexibility index (Phi) is 6.82. The van der Waals surface area contributed by atoms with Gasteiger partial charge in [-0.2, -0.15) is 0 Å². The molecule has 2 aromatic carbocycles. The van der Waals surface area contributed by atoms with E-state index in [-0.39, 0.29) is 24.2 Å². The van der Waals surface area contributed by atoms with Gasteiger partial charge in [0.15, 0.2) is 0 Å². The molecule has 5 heteroatoms. The van der Waals surface area contributed by atoms with Crippen LogP contribution in [0.3, 0.4) is 0 Å². The second-order valence-corrected chi connectivity index (χ2v) is 8.67. The van der Waals surface area contributed by atoms with Gasteiger partial charge in [0.25, 0.3) is 5.91 Å². The first-order valence-electron chi connectivity index (χ1n) is 8.97. The highest BCUT2D eigenvalue weighted by molar-refractivity contribution is 9.10. The van der Waals surface area contributed by atoms with Crippen LogP contribution >= 0.6 is 15.9 Å². The predicted molar refractivity (Wildman–Crippen MR) is 112 cm³/mol. The molecule has 0 radical (unpaired) electrons. The molecule has 0 aromatic heterocycles. The number of hydrogen-bond acceptors (Lipinski definition) is 3. The molecule has 2 aromatic rings. The van der Waals surface area contributed by atoms with Crippen LogP contribution in [0, 0.1) is 0 Å². The predicted octanol–water partition coefficient (Wildman–Crippen LogP) is 5.71. The van der Waals surface area contributed by atoms with E-state index in [1.54, 1.807) is 12.1 Å². The summed E-state index contributed by atoms with van der Waals surface area (Å²) in [6.45, 7) is 9.66. The van der Waals surface area contributed by atoms with Crippen molar-refractivity contribution in [2.24, 2.45) is 0 Å². The molecule has 0 saturated heterocycles. The second-order valence-electron chi connectivity index (χ2n) is 7.75. The summed E-state index contributed by atoms with van der Waals surface area (Å²) in [5, 5.41) is 2.95. The van der Waals surface area contributed by atoms with Crippen molar-refractivity contribution in [3.05, 3.63) is 63.6 Å². The number of carbonyl (C=O) groups is 2. The highest BCUT2D eigenvalue weighted by Crippen LogP contribution is 2.28. The minimum atomic E-state index is -0.551. The number of nitrogens with one attached hydrogen (secondary N) is 1. The third-order valence-electron chi connectivity index (χ3n) is 3.93. The molecule has 0 saturated carbocycles. The highest BCUT2D eigenvalue weighted by atomic mass is 79.9. The third-order valence-corrected chi connectivity index (χ3v) is 4.46. The first kappa shape index (κ1) is 21.2. The molecule has 0 heterocycles. The number of anilines is 1. The van der Waals surface area contributed by atoms with Crippen LogP contribution in [0.1, 0.15) is 62.0 Å². The quantitative estimate of drug-likeness (QED) is 0.616. The number of benzene rings is 2. The molecule has 0 aliphatic rings. The van der Waals surface area contributed by atoms with Crippen LogP contribution in [0.5, 0.6) is 0 Å². The van der Waals surface area contributed by atoms with E-state index in [0.717, 1.165) is 15.6 Å². The first-order valence-corrected chi connectivity index (χ1v) is 9.76. The molecule has 0 aliphatic heterocycles. The van der Waals surface area contributed by atoms with Gasteiger partial charge in [-0.3, -0.25) is 9.59 Å². The van der Waals surface area contributed by atoms with E-state index in [4.69, 9.17) is 4.74 Å². The number of rotatable bonds is 5. The zero-order valence-corrected chi connectivity index (χ0v) is 18.0. The van der Waals surface area contributed by atoms with Crippen molar-refractivity contribution in [2.75, 3.05) is 5.32 Å². The van der Waals surface area contributed by atoms with E-state index in [1.807, 2.05) is 51.1 Å². The lowest BCUT2D eigenvalue weighted by Gasteiger charge is -2.22. The molecule has 2 rings (SSSR count). The lowest BCUT2D eigenvalue weighted by atomic mass is 9.93. The third kappa shape index (κ3) is 6.21. The van der Waals surface area contributed by atoms with Crippen molar-refractivity contribution in [1.82, 2.24) is 0 Å². The molecular weight excluding hydrogens is 406 g/mol. The topological polar surface area (TPSA) is 55.4 Å². The van der Waals surface area contributed by atoms with E-state index in [9.17, 15) is 9.59 Å². The summed E-state index contributed by atoms with van der Waals surface area (Å²) in [6, 6.07) is 12.8. The summed E-state index contributed by atoms with van der Waals surface area (Å²) in [4.78, 5) is 25.0. The molecule has 0 atom stereocenters. The summed E-state index contributed by atoms with van der Waals surface area (Å²) < 4.78 is 6.39. The number of esters is 1. The number of hydrogen-bond donors (Lipinski definition) is 1. The fraction of sp³-hybridized carbons (Fsp3) is 0.364. The van der Waals surface area contributed by atoms with Gasteiger partial charge in [-0.25, -0.2) is 0 Å². The minimum Gasteiger partial charge on any atom is -0.460 e. The standard InChI is InChI=1S/C22H26BrNO3/c1-14(2)17-7-6-8-19(18(17)13-20(25)27-22(3,4)5)24-21(26)15-9-11-16(23)12-10-15/h6-12,14H,13H2,1-5H3,(H,24,26). The van der Waals surface area contributed by atoms with Crippen LogP contribution in [-0.4, -0.2) is 17.5 Å².